The van der Waals surface area contributed by atoms with Crippen molar-refractivity contribution >= 4 is 17.4 Å². The number of nitrogen functional groups attached to an aromatic ring is 1. The summed E-state index contributed by atoms with van der Waals surface area (Å²) in [5, 5.41) is 0.376. The Morgan fingerprint density at radius 2 is 1.83 bits per heavy atom. The van der Waals surface area contributed by atoms with E-state index in [1.165, 1.54) is 0 Å². The molecule has 18 heavy (non-hydrogen) atoms. The standard InChI is InChI=1S/C12H9ClF2N2O/c13-10-1-2-12(16)17-11(10)6-18-9-4-7(14)3-8(15)5-9/h1-5H,6H2,(H2,16,17). The summed E-state index contributed by atoms with van der Waals surface area (Å²) in [4.78, 5) is 3.97. The summed E-state index contributed by atoms with van der Waals surface area (Å²) in [5.74, 6) is -1.07. The Morgan fingerprint density at radius 1 is 1.17 bits per heavy atom. The van der Waals surface area contributed by atoms with Crippen LogP contribution in [0.15, 0.2) is 30.3 Å². The number of ether oxygens (including phenoxy) is 1. The van der Waals surface area contributed by atoms with Gasteiger partial charge >= 0.3 is 0 Å². The van der Waals surface area contributed by atoms with E-state index in [0.29, 0.717) is 16.5 Å². The number of rotatable bonds is 3. The van der Waals surface area contributed by atoms with E-state index in [9.17, 15) is 8.78 Å². The molecule has 1 aromatic carbocycles. The van der Waals surface area contributed by atoms with Crippen molar-refractivity contribution in [2.45, 2.75) is 6.61 Å². The summed E-state index contributed by atoms with van der Waals surface area (Å²) < 4.78 is 31.0. The monoisotopic (exact) mass is 270 g/mol. The number of hydrogen-bond donors (Lipinski definition) is 1. The van der Waals surface area contributed by atoms with E-state index in [1.807, 2.05) is 0 Å². The average Bonchev–Trinajstić information content (AvgIpc) is 2.29. The molecule has 1 aromatic heterocycles. The summed E-state index contributed by atoms with van der Waals surface area (Å²) in [7, 11) is 0. The van der Waals surface area contributed by atoms with Crippen LogP contribution >= 0.6 is 11.6 Å². The van der Waals surface area contributed by atoms with Crippen molar-refractivity contribution in [3.8, 4) is 5.75 Å². The van der Waals surface area contributed by atoms with Crippen LogP contribution in [0, 0.1) is 11.6 Å². The normalized spacial score (nSPS) is 10.4. The predicted octanol–water partition coefficient (Wildman–Crippen LogP) is 3.17. The second kappa shape index (κ2) is 5.18. The molecule has 2 rings (SSSR count). The van der Waals surface area contributed by atoms with Crippen molar-refractivity contribution in [3.05, 3.63) is 52.7 Å². The lowest BCUT2D eigenvalue weighted by atomic mass is 10.3. The van der Waals surface area contributed by atoms with Crippen LogP contribution in [0.2, 0.25) is 5.02 Å². The van der Waals surface area contributed by atoms with Gasteiger partial charge in [0.25, 0.3) is 0 Å². The highest BCUT2D eigenvalue weighted by atomic mass is 35.5. The largest absolute Gasteiger partial charge is 0.487 e. The van der Waals surface area contributed by atoms with E-state index in [1.54, 1.807) is 12.1 Å². The molecule has 2 N–H and O–H groups in total. The number of benzene rings is 1. The fraction of sp³-hybridized carbons (Fsp3) is 0.0833. The molecular weight excluding hydrogens is 262 g/mol. The maximum Gasteiger partial charge on any atom is 0.132 e. The third-order valence-electron chi connectivity index (χ3n) is 2.15. The third kappa shape index (κ3) is 3.07. The van der Waals surface area contributed by atoms with Gasteiger partial charge in [0.2, 0.25) is 0 Å². The Balaban J connectivity index is 2.13. The first-order valence-corrected chi connectivity index (χ1v) is 5.42. The number of nitrogens with two attached hydrogens (primary N) is 1. The molecule has 94 valence electrons. The van der Waals surface area contributed by atoms with Gasteiger partial charge in [-0.15, -0.1) is 0 Å². The fourth-order valence-corrected chi connectivity index (χ4v) is 1.53. The highest BCUT2D eigenvalue weighted by Crippen LogP contribution is 2.20. The molecule has 0 amide bonds. The van der Waals surface area contributed by atoms with Crippen LogP contribution in [-0.2, 0) is 6.61 Å². The van der Waals surface area contributed by atoms with Gasteiger partial charge in [-0.2, -0.15) is 0 Å². The second-order valence-corrected chi connectivity index (χ2v) is 3.97. The quantitative estimate of drug-likeness (QED) is 0.932. The number of pyridine rings is 1. The summed E-state index contributed by atoms with van der Waals surface area (Å²) in [6.45, 7) is -0.0211. The van der Waals surface area contributed by atoms with Gasteiger partial charge in [0.05, 0.1) is 10.7 Å². The van der Waals surface area contributed by atoms with Crippen molar-refractivity contribution in [3.63, 3.8) is 0 Å². The highest BCUT2D eigenvalue weighted by molar-refractivity contribution is 6.31. The molecule has 1 heterocycles. The van der Waals surface area contributed by atoms with Gasteiger partial charge in [-0.25, -0.2) is 13.8 Å². The van der Waals surface area contributed by atoms with Crippen LogP contribution in [0.25, 0.3) is 0 Å². The van der Waals surface area contributed by atoms with Crippen molar-refractivity contribution in [1.29, 1.82) is 0 Å². The smallest absolute Gasteiger partial charge is 0.132 e. The Bertz CT molecular complexity index is 558. The minimum Gasteiger partial charge on any atom is -0.487 e. The molecule has 0 saturated carbocycles. The lowest BCUT2D eigenvalue weighted by Gasteiger charge is -2.08. The van der Waals surface area contributed by atoms with Crippen molar-refractivity contribution in [2.75, 3.05) is 5.73 Å². The summed E-state index contributed by atoms with van der Waals surface area (Å²) >= 11 is 5.88. The van der Waals surface area contributed by atoms with Gasteiger partial charge < -0.3 is 10.5 Å². The SMILES string of the molecule is Nc1ccc(Cl)c(COc2cc(F)cc(F)c2)n1. The molecule has 0 aliphatic rings. The first-order chi connectivity index (χ1) is 8.54. The summed E-state index contributed by atoms with van der Waals surface area (Å²) in [5.41, 5.74) is 5.90. The van der Waals surface area contributed by atoms with Crippen molar-refractivity contribution in [1.82, 2.24) is 4.98 Å². The van der Waals surface area contributed by atoms with Crippen molar-refractivity contribution < 1.29 is 13.5 Å². The Kier molecular flexibility index (Phi) is 3.62. The zero-order chi connectivity index (χ0) is 13.1. The van der Waals surface area contributed by atoms with Crippen LogP contribution in [0.4, 0.5) is 14.6 Å². The van der Waals surface area contributed by atoms with Gasteiger partial charge in [0, 0.05) is 18.2 Å². The molecule has 0 spiro atoms. The number of anilines is 1. The zero-order valence-corrected chi connectivity index (χ0v) is 9.92. The van der Waals surface area contributed by atoms with E-state index in [0.717, 1.165) is 18.2 Å². The van der Waals surface area contributed by atoms with Crippen LogP contribution < -0.4 is 10.5 Å². The Hall–Kier alpha value is -1.88. The average molecular weight is 271 g/mol. The maximum absolute atomic E-state index is 12.9. The van der Waals surface area contributed by atoms with E-state index < -0.39 is 11.6 Å². The zero-order valence-electron chi connectivity index (χ0n) is 9.16. The Labute approximate surface area is 107 Å². The van der Waals surface area contributed by atoms with E-state index in [-0.39, 0.29) is 12.4 Å². The molecule has 0 atom stereocenters. The molecule has 0 fully saturated rings. The second-order valence-electron chi connectivity index (χ2n) is 3.56. The molecule has 0 radical (unpaired) electrons. The van der Waals surface area contributed by atoms with E-state index in [2.05, 4.69) is 4.98 Å². The maximum atomic E-state index is 12.9. The fourth-order valence-electron chi connectivity index (χ4n) is 1.37. The minimum atomic E-state index is -0.711. The number of nitrogens with zero attached hydrogens (tertiary/aromatic N) is 1. The first kappa shape index (κ1) is 12.6. The lowest BCUT2D eigenvalue weighted by Crippen LogP contribution is -2.02. The molecule has 6 heteroatoms. The molecule has 0 unspecified atom stereocenters. The van der Waals surface area contributed by atoms with Gasteiger partial charge in [-0.05, 0) is 12.1 Å². The molecule has 3 nitrogen and oxygen atoms in total. The van der Waals surface area contributed by atoms with Gasteiger partial charge in [0.15, 0.2) is 0 Å². The molecule has 2 aromatic rings. The minimum absolute atomic E-state index is 0.0211. The molecule has 0 saturated heterocycles. The van der Waals surface area contributed by atoms with Crippen LogP contribution in [0.5, 0.6) is 5.75 Å². The topological polar surface area (TPSA) is 48.1 Å². The third-order valence-corrected chi connectivity index (χ3v) is 2.50. The number of aromatic nitrogens is 1. The van der Waals surface area contributed by atoms with Crippen LogP contribution in [-0.4, -0.2) is 4.98 Å². The van der Waals surface area contributed by atoms with Gasteiger partial charge in [0.1, 0.15) is 29.8 Å². The summed E-state index contributed by atoms with van der Waals surface area (Å²) in [6.07, 6.45) is 0. The molecule has 0 aliphatic carbocycles. The van der Waals surface area contributed by atoms with Gasteiger partial charge in [-0.3, -0.25) is 0 Å². The van der Waals surface area contributed by atoms with Crippen LogP contribution in [0.3, 0.4) is 0 Å². The van der Waals surface area contributed by atoms with Crippen molar-refractivity contribution in [2.24, 2.45) is 0 Å². The van der Waals surface area contributed by atoms with Crippen LogP contribution in [0.1, 0.15) is 5.69 Å². The molecule has 0 bridgehead atoms. The van der Waals surface area contributed by atoms with E-state index in [4.69, 9.17) is 22.1 Å². The van der Waals surface area contributed by atoms with E-state index >= 15 is 0 Å². The Morgan fingerprint density at radius 3 is 2.50 bits per heavy atom. The van der Waals surface area contributed by atoms with Gasteiger partial charge in [-0.1, -0.05) is 11.6 Å². The predicted molar refractivity (Wildman–Crippen MR) is 64.3 cm³/mol. The number of halogens is 3. The molecule has 0 aliphatic heterocycles. The molecular formula is C12H9ClF2N2O. The first-order valence-electron chi connectivity index (χ1n) is 5.04. The highest BCUT2D eigenvalue weighted by Gasteiger charge is 2.06. The summed E-state index contributed by atoms with van der Waals surface area (Å²) in [6, 6.07) is 6.04. The lowest BCUT2D eigenvalue weighted by molar-refractivity contribution is 0.298. The number of hydrogen-bond acceptors (Lipinski definition) is 3.